The fraction of sp³-hybridized carbons (Fsp3) is 0. The molecule has 48 valence electrons. The summed E-state index contributed by atoms with van der Waals surface area (Å²) in [5.41, 5.74) is 0.360. The van der Waals surface area contributed by atoms with Crippen LogP contribution in [0.15, 0.2) is 22.5 Å². The maximum absolute atomic E-state index is 10.2. The number of carboxylic acids is 1. The lowest BCUT2D eigenvalue weighted by Crippen LogP contribution is -1.96. The lowest BCUT2D eigenvalue weighted by molar-refractivity contribution is -0.132. The van der Waals surface area contributed by atoms with E-state index in [9.17, 15) is 4.79 Å². The third-order valence-corrected chi connectivity index (χ3v) is 2.44. The highest BCUT2D eigenvalue weighted by molar-refractivity contribution is 8.79. The molecule has 1 heterocycles. The van der Waals surface area contributed by atoms with E-state index in [1.54, 1.807) is 16.9 Å². The molecular formula is C5H4O2S2. The Hall–Kier alpha value is -0.350. The third kappa shape index (κ3) is 1.80. The van der Waals surface area contributed by atoms with Crippen molar-refractivity contribution in [2.24, 2.45) is 0 Å². The maximum atomic E-state index is 10.2. The van der Waals surface area contributed by atoms with Gasteiger partial charge >= 0.3 is 5.97 Å². The van der Waals surface area contributed by atoms with Crippen molar-refractivity contribution < 1.29 is 9.90 Å². The number of carboxylic acid groups (broad SMARTS) is 1. The van der Waals surface area contributed by atoms with Crippen molar-refractivity contribution in [2.75, 3.05) is 0 Å². The largest absolute Gasteiger partial charge is 0.478 e. The quantitative estimate of drug-likeness (QED) is 0.594. The molecule has 2 nitrogen and oxygen atoms in total. The van der Waals surface area contributed by atoms with Gasteiger partial charge in [0.15, 0.2) is 0 Å². The van der Waals surface area contributed by atoms with Gasteiger partial charge in [-0.1, -0.05) is 21.6 Å². The van der Waals surface area contributed by atoms with Crippen LogP contribution in [0.3, 0.4) is 0 Å². The molecule has 0 radical (unpaired) electrons. The Morgan fingerprint density at radius 3 is 2.67 bits per heavy atom. The number of hydrogen-bond acceptors (Lipinski definition) is 3. The smallest absolute Gasteiger partial charge is 0.336 e. The van der Waals surface area contributed by atoms with Gasteiger partial charge in [0.25, 0.3) is 0 Å². The van der Waals surface area contributed by atoms with Crippen LogP contribution in [0.1, 0.15) is 0 Å². The first-order chi connectivity index (χ1) is 4.30. The normalized spacial score (nSPS) is 17.1. The molecule has 4 heteroatoms. The molecule has 0 aromatic carbocycles. The lowest BCUT2D eigenvalue weighted by Gasteiger charge is -1.97. The topological polar surface area (TPSA) is 37.3 Å². The van der Waals surface area contributed by atoms with Crippen LogP contribution < -0.4 is 0 Å². The minimum Gasteiger partial charge on any atom is -0.478 e. The second-order valence-corrected chi connectivity index (χ2v) is 3.42. The van der Waals surface area contributed by atoms with Crippen LogP contribution in [0.2, 0.25) is 0 Å². The van der Waals surface area contributed by atoms with Crippen molar-refractivity contribution in [1.29, 1.82) is 0 Å². The van der Waals surface area contributed by atoms with Gasteiger partial charge in [0.05, 0.1) is 5.57 Å². The van der Waals surface area contributed by atoms with Gasteiger partial charge in [0.2, 0.25) is 0 Å². The minimum absolute atomic E-state index is 0.360. The summed E-state index contributed by atoms with van der Waals surface area (Å²) in [5, 5.41) is 11.8. The average molecular weight is 160 g/mol. The monoisotopic (exact) mass is 160 g/mol. The van der Waals surface area contributed by atoms with Crippen molar-refractivity contribution in [1.82, 2.24) is 0 Å². The zero-order valence-electron chi connectivity index (χ0n) is 4.40. The van der Waals surface area contributed by atoms with E-state index in [-0.39, 0.29) is 0 Å². The van der Waals surface area contributed by atoms with Crippen LogP contribution in [0.25, 0.3) is 0 Å². The molecule has 0 spiro atoms. The molecule has 0 aromatic rings. The molecule has 0 unspecified atom stereocenters. The summed E-state index contributed by atoms with van der Waals surface area (Å²) in [6.07, 6.45) is 1.59. The molecule has 0 aliphatic carbocycles. The van der Waals surface area contributed by atoms with E-state index in [0.29, 0.717) is 5.57 Å². The van der Waals surface area contributed by atoms with Gasteiger partial charge in [0.1, 0.15) is 0 Å². The van der Waals surface area contributed by atoms with Crippen molar-refractivity contribution in [3.05, 3.63) is 22.5 Å². The summed E-state index contributed by atoms with van der Waals surface area (Å²) in [6, 6.07) is 0. The third-order valence-electron chi connectivity index (χ3n) is 0.781. The number of aliphatic carboxylic acids is 1. The van der Waals surface area contributed by atoms with E-state index >= 15 is 0 Å². The molecule has 1 aliphatic heterocycles. The highest BCUT2D eigenvalue weighted by atomic mass is 33.1. The van der Waals surface area contributed by atoms with E-state index in [4.69, 9.17) is 5.11 Å². The summed E-state index contributed by atoms with van der Waals surface area (Å²) in [7, 11) is 2.93. The minimum atomic E-state index is -0.862. The molecule has 0 fully saturated rings. The van der Waals surface area contributed by atoms with Crippen molar-refractivity contribution in [3.63, 3.8) is 0 Å². The summed E-state index contributed by atoms with van der Waals surface area (Å²) in [5.74, 6) is -0.862. The van der Waals surface area contributed by atoms with Crippen LogP contribution >= 0.6 is 21.6 Å². The molecule has 0 amide bonds. The van der Waals surface area contributed by atoms with Gasteiger partial charge in [0, 0.05) is 0 Å². The second kappa shape index (κ2) is 2.98. The van der Waals surface area contributed by atoms with Crippen LogP contribution in [-0.4, -0.2) is 11.1 Å². The molecule has 9 heavy (non-hydrogen) atoms. The highest BCUT2D eigenvalue weighted by Crippen LogP contribution is 2.30. The number of carbonyl (C=O) groups is 1. The first kappa shape index (κ1) is 6.77. The first-order valence-electron chi connectivity index (χ1n) is 2.23. The van der Waals surface area contributed by atoms with E-state index in [2.05, 4.69) is 0 Å². The first-order valence-corrected chi connectivity index (χ1v) is 4.50. The molecular weight excluding hydrogens is 156 g/mol. The van der Waals surface area contributed by atoms with Gasteiger partial charge in [-0.15, -0.1) is 0 Å². The molecule has 1 N–H and O–H groups in total. The zero-order valence-corrected chi connectivity index (χ0v) is 6.04. The summed E-state index contributed by atoms with van der Waals surface area (Å²) in [6.45, 7) is 0. The van der Waals surface area contributed by atoms with Crippen LogP contribution in [0.4, 0.5) is 0 Å². The average Bonchev–Trinajstić information content (AvgIpc) is 1.90. The number of rotatable bonds is 1. The molecule has 0 saturated heterocycles. The highest BCUT2D eigenvalue weighted by Gasteiger charge is 2.04. The Kier molecular flexibility index (Phi) is 2.24. The number of hydrogen-bond donors (Lipinski definition) is 1. The van der Waals surface area contributed by atoms with Crippen LogP contribution in [0.5, 0.6) is 0 Å². The van der Waals surface area contributed by atoms with Gasteiger partial charge in [-0.05, 0) is 16.9 Å². The van der Waals surface area contributed by atoms with Crippen LogP contribution in [-0.2, 0) is 4.79 Å². The Bertz CT molecular complexity index is 183. The predicted molar refractivity (Wildman–Crippen MR) is 40.0 cm³/mol. The van der Waals surface area contributed by atoms with E-state index < -0.39 is 5.97 Å². The zero-order chi connectivity index (χ0) is 6.69. The molecule has 0 atom stereocenters. The Morgan fingerprint density at radius 2 is 2.33 bits per heavy atom. The summed E-state index contributed by atoms with van der Waals surface area (Å²) < 4.78 is 0. The Morgan fingerprint density at radius 1 is 1.56 bits per heavy atom. The lowest BCUT2D eigenvalue weighted by atomic mass is 10.3. The predicted octanol–water partition coefficient (Wildman–Crippen LogP) is 1.86. The molecule has 1 aliphatic rings. The van der Waals surface area contributed by atoms with Crippen molar-refractivity contribution in [3.8, 4) is 0 Å². The Balaban J connectivity index is 2.69. The maximum Gasteiger partial charge on any atom is 0.336 e. The fourth-order valence-electron chi connectivity index (χ4n) is 0.374. The molecule has 0 aromatic heterocycles. The molecule has 0 saturated carbocycles. The summed E-state index contributed by atoms with van der Waals surface area (Å²) >= 11 is 0. The van der Waals surface area contributed by atoms with E-state index in [1.165, 1.54) is 21.6 Å². The van der Waals surface area contributed by atoms with E-state index in [0.717, 1.165) is 0 Å². The van der Waals surface area contributed by atoms with Gasteiger partial charge in [-0.2, -0.15) is 0 Å². The SMILES string of the molecule is O=C(O)C1=CSSC=C1. The van der Waals surface area contributed by atoms with Crippen LogP contribution in [0, 0.1) is 0 Å². The Labute approximate surface area is 60.4 Å². The van der Waals surface area contributed by atoms with Crippen molar-refractivity contribution in [2.45, 2.75) is 0 Å². The van der Waals surface area contributed by atoms with Gasteiger partial charge in [-0.25, -0.2) is 4.79 Å². The molecule has 1 rings (SSSR count). The van der Waals surface area contributed by atoms with Gasteiger partial charge in [-0.3, -0.25) is 0 Å². The fourth-order valence-corrected chi connectivity index (χ4v) is 1.82. The molecule has 0 bridgehead atoms. The second-order valence-electron chi connectivity index (χ2n) is 1.37. The van der Waals surface area contributed by atoms with E-state index in [1.807, 2.05) is 0 Å². The van der Waals surface area contributed by atoms with Gasteiger partial charge < -0.3 is 5.11 Å². The standard InChI is InChI=1S/C5H4O2S2/c6-5(7)4-1-2-8-9-3-4/h1-3H,(H,6,7). The summed E-state index contributed by atoms with van der Waals surface area (Å²) in [4.78, 5) is 10.2. The van der Waals surface area contributed by atoms with Crippen molar-refractivity contribution >= 4 is 27.6 Å².